The van der Waals surface area contributed by atoms with Gasteiger partial charge in [0.15, 0.2) is 0 Å². The van der Waals surface area contributed by atoms with Gasteiger partial charge in [0, 0.05) is 5.69 Å². The highest BCUT2D eigenvalue weighted by atomic mass is 35.5. The fourth-order valence-corrected chi connectivity index (χ4v) is 2.78. The highest BCUT2D eigenvalue weighted by molar-refractivity contribution is 6.39. The zero-order chi connectivity index (χ0) is 18.0. The summed E-state index contributed by atoms with van der Waals surface area (Å²) in [7, 11) is 0. The number of amides is 1. The van der Waals surface area contributed by atoms with Crippen LogP contribution in [0, 0.1) is 11.6 Å². The van der Waals surface area contributed by atoms with Crippen LogP contribution in [0.1, 0.15) is 5.56 Å². The van der Waals surface area contributed by atoms with E-state index in [4.69, 9.17) is 28.9 Å². The van der Waals surface area contributed by atoms with E-state index in [0.717, 1.165) is 30.3 Å². The van der Waals surface area contributed by atoms with Crippen molar-refractivity contribution >= 4 is 40.5 Å². The molecule has 0 aliphatic heterocycles. The number of alkyl halides is 2. The molecule has 0 spiro atoms. The third-order valence-electron chi connectivity index (χ3n) is 3.09. The number of nitrogens with two attached hydrogens (primary N) is 1. The third kappa shape index (κ3) is 3.91. The first-order valence-electron chi connectivity index (χ1n) is 6.49. The van der Waals surface area contributed by atoms with Crippen molar-refractivity contribution in [2.24, 2.45) is 5.73 Å². The molecule has 2 aromatic carbocycles. The summed E-state index contributed by atoms with van der Waals surface area (Å²) in [6.07, 6.45) is -0.471. The standard InChI is InChI=1S/C15H10Cl2F4N2O/c16-10-5-8(18)6-11(17)14(10)23(15(20)21)9-1-2-12(19)7(3-9)4-13(22)24/h1-3,5-6,15H,4H2,(H2,22,24). The van der Waals surface area contributed by atoms with Crippen LogP contribution < -0.4 is 10.6 Å². The van der Waals surface area contributed by atoms with E-state index in [1.54, 1.807) is 0 Å². The Hall–Kier alpha value is -1.99. The van der Waals surface area contributed by atoms with Gasteiger partial charge < -0.3 is 5.73 Å². The Labute approximate surface area is 144 Å². The minimum atomic E-state index is -3.11. The Bertz CT molecular complexity index is 763. The van der Waals surface area contributed by atoms with E-state index in [0.29, 0.717) is 4.90 Å². The Kier molecular flexibility index (Phi) is 5.56. The van der Waals surface area contributed by atoms with Gasteiger partial charge in [-0.3, -0.25) is 9.69 Å². The predicted octanol–water partition coefficient (Wildman–Crippen LogP) is 4.66. The Morgan fingerprint density at radius 2 is 1.71 bits per heavy atom. The molecule has 0 bridgehead atoms. The zero-order valence-electron chi connectivity index (χ0n) is 11.9. The average Bonchev–Trinajstić information content (AvgIpc) is 2.44. The number of halogens is 6. The van der Waals surface area contributed by atoms with Gasteiger partial charge in [-0.1, -0.05) is 23.2 Å². The van der Waals surface area contributed by atoms with Gasteiger partial charge >= 0.3 is 6.55 Å². The highest BCUT2D eigenvalue weighted by Gasteiger charge is 2.25. The maximum atomic E-state index is 13.7. The summed E-state index contributed by atoms with van der Waals surface area (Å²) in [4.78, 5) is 11.4. The monoisotopic (exact) mass is 380 g/mol. The van der Waals surface area contributed by atoms with Crippen LogP contribution in [0.25, 0.3) is 0 Å². The summed E-state index contributed by atoms with van der Waals surface area (Å²) in [6.45, 7) is -3.11. The lowest BCUT2D eigenvalue weighted by Gasteiger charge is -2.26. The van der Waals surface area contributed by atoms with Crippen LogP contribution in [-0.4, -0.2) is 12.5 Å². The van der Waals surface area contributed by atoms with Crippen molar-refractivity contribution in [3.63, 3.8) is 0 Å². The first kappa shape index (κ1) is 18.4. The predicted molar refractivity (Wildman–Crippen MR) is 83.9 cm³/mol. The van der Waals surface area contributed by atoms with Crippen molar-refractivity contribution in [2.75, 3.05) is 4.90 Å². The molecule has 0 aliphatic rings. The summed E-state index contributed by atoms with van der Waals surface area (Å²) < 4.78 is 54.1. The fraction of sp³-hybridized carbons (Fsp3) is 0.133. The molecule has 0 radical (unpaired) electrons. The van der Waals surface area contributed by atoms with E-state index in [9.17, 15) is 22.4 Å². The maximum absolute atomic E-state index is 13.7. The number of anilines is 2. The highest BCUT2D eigenvalue weighted by Crippen LogP contribution is 2.41. The lowest BCUT2D eigenvalue weighted by molar-refractivity contribution is -0.117. The molecule has 2 rings (SSSR count). The quantitative estimate of drug-likeness (QED) is 0.605. The zero-order valence-corrected chi connectivity index (χ0v) is 13.4. The van der Waals surface area contributed by atoms with Gasteiger partial charge in [-0.25, -0.2) is 8.78 Å². The minimum absolute atomic E-state index is 0.167. The second-order valence-electron chi connectivity index (χ2n) is 4.78. The SMILES string of the molecule is NC(=O)Cc1cc(N(c2c(Cl)cc(F)cc2Cl)C(F)F)ccc1F. The number of rotatable bonds is 5. The van der Waals surface area contributed by atoms with Crippen LogP contribution in [0.4, 0.5) is 28.9 Å². The second kappa shape index (κ2) is 7.27. The molecule has 9 heteroatoms. The van der Waals surface area contributed by atoms with E-state index < -0.39 is 30.5 Å². The molecule has 2 N–H and O–H groups in total. The van der Waals surface area contributed by atoms with Gasteiger partial charge in [0.25, 0.3) is 0 Å². The molecule has 0 fully saturated rings. The summed E-state index contributed by atoms with van der Waals surface area (Å²) in [5.41, 5.74) is 4.31. The fourth-order valence-electron chi connectivity index (χ4n) is 2.14. The molecule has 0 aliphatic carbocycles. The summed E-state index contributed by atoms with van der Waals surface area (Å²) in [5.74, 6) is -2.40. The molecule has 128 valence electrons. The smallest absolute Gasteiger partial charge is 0.319 e. The van der Waals surface area contributed by atoms with E-state index in [1.165, 1.54) is 0 Å². The molecule has 1 amide bonds. The molecule has 3 nitrogen and oxygen atoms in total. The lowest BCUT2D eigenvalue weighted by Crippen LogP contribution is -2.24. The van der Waals surface area contributed by atoms with E-state index in [-0.39, 0.29) is 27.0 Å². The van der Waals surface area contributed by atoms with Crippen LogP contribution >= 0.6 is 23.2 Å². The number of hydrogen-bond acceptors (Lipinski definition) is 2. The van der Waals surface area contributed by atoms with Crippen LogP contribution in [0.5, 0.6) is 0 Å². The van der Waals surface area contributed by atoms with Crippen molar-refractivity contribution in [3.05, 3.63) is 57.6 Å². The van der Waals surface area contributed by atoms with Gasteiger partial charge in [-0.2, -0.15) is 8.78 Å². The van der Waals surface area contributed by atoms with Crippen LogP contribution in [-0.2, 0) is 11.2 Å². The molecular formula is C15H10Cl2F4N2O. The molecule has 0 unspecified atom stereocenters. The number of nitrogens with zero attached hydrogens (tertiary/aromatic N) is 1. The summed E-state index contributed by atoms with van der Waals surface area (Å²) in [5, 5.41) is -0.692. The minimum Gasteiger partial charge on any atom is -0.369 e. The van der Waals surface area contributed by atoms with Crippen molar-refractivity contribution < 1.29 is 22.4 Å². The van der Waals surface area contributed by atoms with E-state index >= 15 is 0 Å². The number of carbonyl (C=O) groups excluding carboxylic acids is 1. The number of primary amides is 1. The first-order valence-corrected chi connectivity index (χ1v) is 7.25. The van der Waals surface area contributed by atoms with Gasteiger partial charge in [0.2, 0.25) is 5.91 Å². The maximum Gasteiger partial charge on any atom is 0.319 e. The van der Waals surface area contributed by atoms with E-state index in [1.807, 2.05) is 0 Å². The first-order chi connectivity index (χ1) is 11.2. The third-order valence-corrected chi connectivity index (χ3v) is 3.67. The molecule has 0 saturated carbocycles. The average molecular weight is 381 g/mol. The van der Waals surface area contributed by atoms with Crippen LogP contribution in [0.2, 0.25) is 10.0 Å². The van der Waals surface area contributed by atoms with Crippen molar-refractivity contribution in [1.29, 1.82) is 0 Å². The normalized spacial score (nSPS) is 11.0. The lowest BCUT2D eigenvalue weighted by atomic mass is 10.1. The van der Waals surface area contributed by atoms with Crippen LogP contribution in [0.15, 0.2) is 30.3 Å². The van der Waals surface area contributed by atoms with Gasteiger partial charge in [0.1, 0.15) is 11.6 Å². The Balaban J connectivity index is 2.59. The Morgan fingerprint density at radius 3 is 2.21 bits per heavy atom. The molecular weight excluding hydrogens is 371 g/mol. The molecule has 0 heterocycles. The van der Waals surface area contributed by atoms with Crippen molar-refractivity contribution in [2.45, 2.75) is 13.0 Å². The second-order valence-corrected chi connectivity index (χ2v) is 5.60. The van der Waals surface area contributed by atoms with Gasteiger partial charge in [0.05, 0.1) is 22.2 Å². The van der Waals surface area contributed by atoms with Crippen molar-refractivity contribution in [1.82, 2.24) is 0 Å². The van der Waals surface area contributed by atoms with Crippen LogP contribution in [0.3, 0.4) is 0 Å². The van der Waals surface area contributed by atoms with Gasteiger partial charge in [-0.15, -0.1) is 0 Å². The number of carbonyl (C=O) groups is 1. The number of hydrogen-bond donors (Lipinski definition) is 1. The molecule has 24 heavy (non-hydrogen) atoms. The summed E-state index contributed by atoms with van der Waals surface area (Å²) in [6, 6.07) is 4.65. The van der Waals surface area contributed by atoms with Crippen molar-refractivity contribution in [3.8, 4) is 0 Å². The molecule has 0 atom stereocenters. The largest absolute Gasteiger partial charge is 0.369 e. The number of benzene rings is 2. The Morgan fingerprint density at radius 1 is 1.12 bits per heavy atom. The van der Waals surface area contributed by atoms with E-state index in [2.05, 4.69) is 0 Å². The van der Waals surface area contributed by atoms with Gasteiger partial charge in [-0.05, 0) is 35.9 Å². The summed E-state index contributed by atoms with van der Waals surface area (Å²) >= 11 is 11.7. The molecule has 0 saturated heterocycles. The topological polar surface area (TPSA) is 46.3 Å². The molecule has 0 aromatic heterocycles. The molecule has 2 aromatic rings.